The summed E-state index contributed by atoms with van der Waals surface area (Å²) in [5, 5.41) is 2.76. The van der Waals surface area contributed by atoms with E-state index in [4.69, 9.17) is 15.2 Å². The van der Waals surface area contributed by atoms with E-state index < -0.39 is 11.4 Å². The van der Waals surface area contributed by atoms with Gasteiger partial charge >= 0.3 is 0 Å². The summed E-state index contributed by atoms with van der Waals surface area (Å²) >= 11 is 0. The maximum absolute atomic E-state index is 12.7. The lowest BCUT2D eigenvalue weighted by Crippen LogP contribution is -2.47. The highest BCUT2D eigenvalue weighted by atomic mass is 16.5. The van der Waals surface area contributed by atoms with Gasteiger partial charge in [0.05, 0.1) is 32.5 Å². The number of pyridine rings is 2. The first-order chi connectivity index (χ1) is 13.8. The molecule has 29 heavy (non-hydrogen) atoms. The lowest BCUT2D eigenvalue weighted by atomic mass is 9.91. The van der Waals surface area contributed by atoms with Gasteiger partial charge in [0.1, 0.15) is 11.3 Å². The minimum absolute atomic E-state index is 0.106. The zero-order chi connectivity index (χ0) is 21.2. The molecule has 1 unspecified atom stereocenters. The van der Waals surface area contributed by atoms with E-state index in [0.717, 1.165) is 0 Å². The number of amides is 2. The summed E-state index contributed by atoms with van der Waals surface area (Å²) in [7, 11) is 4.51. The van der Waals surface area contributed by atoms with E-state index in [-0.39, 0.29) is 29.7 Å². The average molecular weight is 398 g/mol. The van der Waals surface area contributed by atoms with Gasteiger partial charge in [-0.25, -0.2) is 9.98 Å². The summed E-state index contributed by atoms with van der Waals surface area (Å²) in [4.78, 5) is 39.0. The van der Waals surface area contributed by atoms with Crippen LogP contribution >= 0.6 is 0 Å². The van der Waals surface area contributed by atoms with Gasteiger partial charge in [0.25, 0.3) is 5.91 Å². The number of aliphatic imine (C=N–C) groups is 1. The third-order valence-electron chi connectivity index (χ3n) is 4.64. The Balaban J connectivity index is 1.87. The Morgan fingerprint density at radius 2 is 2.03 bits per heavy atom. The maximum Gasteiger partial charge on any atom is 0.278 e. The van der Waals surface area contributed by atoms with Crippen LogP contribution in [-0.4, -0.2) is 53.9 Å². The molecule has 0 saturated heterocycles. The van der Waals surface area contributed by atoms with Crippen molar-refractivity contribution < 1.29 is 19.1 Å². The number of nitrogens with one attached hydrogen (secondary N) is 1. The number of aromatic nitrogens is 2. The minimum Gasteiger partial charge on any atom is -0.495 e. The van der Waals surface area contributed by atoms with Crippen LogP contribution < -0.4 is 20.5 Å². The quantitative estimate of drug-likeness (QED) is 0.772. The van der Waals surface area contributed by atoms with Gasteiger partial charge in [-0.1, -0.05) is 0 Å². The van der Waals surface area contributed by atoms with E-state index in [1.165, 1.54) is 31.5 Å². The molecule has 1 atom stereocenters. The van der Waals surface area contributed by atoms with Crippen LogP contribution in [0.15, 0.2) is 35.6 Å². The summed E-state index contributed by atoms with van der Waals surface area (Å²) in [6, 6.07) is 4.86. The van der Waals surface area contributed by atoms with Crippen molar-refractivity contribution in [3.63, 3.8) is 0 Å². The fraction of sp³-hybridized carbons (Fsp3) is 0.316. The molecule has 0 radical (unpaired) electrons. The molecular weight excluding hydrogens is 376 g/mol. The number of methoxy groups -OCH3 is 2. The summed E-state index contributed by atoms with van der Waals surface area (Å²) in [6.07, 6.45) is 3.07. The summed E-state index contributed by atoms with van der Waals surface area (Å²) in [5.41, 5.74) is 6.02. The lowest BCUT2D eigenvalue weighted by Gasteiger charge is -2.32. The Hall–Kier alpha value is -3.69. The van der Waals surface area contributed by atoms with Gasteiger partial charge in [-0.05, 0) is 19.1 Å². The van der Waals surface area contributed by atoms with Gasteiger partial charge in [0.2, 0.25) is 5.91 Å². The van der Waals surface area contributed by atoms with E-state index in [0.29, 0.717) is 17.1 Å². The molecule has 2 aromatic rings. The van der Waals surface area contributed by atoms with Crippen molar-refractivity contribution >= 4 is 23.5 Å². The minimum atomic E-state index is -0.926. The van der Waals surface area contributed by atoms with Gasteiger partial charge in [-0.15, -0.1) is 0 Å². The monoisotopic (exact) mass is 398 g/mol. The molecule has 1 aliphatic heterocycles. The first kappa shape index (κ1) is 20.1. The van der Waals surface area contributed by atoms with Crippen LogP contribution in [0.4, 0.5) is 5.69 Å². The Labute approximate surface area is 167 Å². The Morgan fingerprint density at radius 3 is 2.69 bits per heavy atom. The van der Waals surface area contributed by atoms with E-state index in [1.807, 2.05) is 0 Å². The molecular formula is C19H22N6O4. The predicted molar refractivity (Wildman–Crippen MR) is 106 cm³/mol. The normalized spacial score (nSPS) is 18.8. The number of nitrogens with two attached hydrogens (primary N) is 1. The molecule has 0 aliphatic carbocycles. The van der Waals surface area contributed by atoms with Crippen molar-refractivity contribution in [3.05, 3.63) is 42.0 Å². The lowest BCUT2D eigenvalue weighted by molar-refractivity contribution is -0.128. The molecule has 3 heterocycles. The summed E-state index contributed by atoms with van der Waals surface area (Å²) in [5.74, 6) is 0.242. The zero-order valence-corrected chi connectivity index (χ0v) is 16.6. The number of rotatable bonds is 5. The van der Waals surface area contributed by atoms with E-state index >= 15 is 0 Å². The molecule has 3 rings (SSSR count). The first-order valence-corrected chi connectivity index (χ1v) is 8.75. The number of ether oxygens (including phenoxy) is 2. The highest BCUT2D eigenvalue weighted by Gasteiger charge is 2.37. The average Bonchev–Trinajstić information content (AvgIpc) is 2.71. The summed E-state index contributed by atoms with van der Waals surface area (Å²) in [6.45, 7) is 1.77. The van der Waals surface area contributed by atoms with Crippen LogP contribution in [0.3, 0.4) is 0 Å². The Kier molecular flexibility index (Phi) is 5.35. The van der Waals surface area contributed by atoms with Gasteiger partial charge < -0.3 is 20.5 Å². The third-order valence-corrected chi connectivity index (χ3v) is 4.64. The molecule has 0 bridgehead atoms. The van der Waals surface area contributed by atoms with Crippen molar-refractivity contribution in [1.29, 1.82) is 0 Å². The molecule has 2 aromatic heterocycles. The van der Waals surface area contributed by atoms with Crippen LogP contribution in [0.2, 0.25) is 0 Å². The van der Waals surface area contributed by atoms with Crippen LogP contribution in [0.25, 0.3) is 0 Å². The smallest absolute Gasteiger partial charge is 0.278 e. The van der Waals surface area contributed by atoms with Gasteiger partial charge in [0.15, 0.2) is 17.4 Å². The highest BCUT2D eigenvalue weighted by molar-refractivity contribution is 6.05. The fourth-order valence-corrected chi connectivity index (χ4v) is 2.91. The maximum atomic E-state index is 12.7. The van der Waals surface area contributed by atoms with Gasteiger partial charge in [-0.2, -0.15) is 0 Å². The second-order valence-electron chi connectivity index (χ2n) is 6.68. The Morgan fingerprint density at radius 1 is 1.28 bits per heavy atom. The fourth-order valence-electron chi connectivity index (χ4n) is 2.91. The first-order valence-electron chi connectivity index (χ1n) is 8.75. The van der Waals surface area contributed by atoms with Crippen LogP contribution in [-0.2, 0) is 10.3 Å². The number of guanidine groups is 1. The SMILES string of the molecule is COc1cnc(C(=O)Nc2ccnc(C3(C)CC(=O)N(C)C(N)=N3)c2)c(OC)c1. The highest BCUT2D eigenvalue weighted by Crippen LogP contribution is 2.32. The van der Waals surface area contributed by atoms with E-state index in [1.54, 1.807) is 32.2 Å². The summed E-state index contributed by atoms with van der Waals surface area (Å²) < 4.78 is 10.3. The van der Waals surface area contributed by atoms with Crippen molar-refractivity contribution in [1.82, 2.24) is 14.9 Å². The molecule has 0 fully saturated rings. The van der Waals surface area contributed by atoms with E-state index in [9.17, 15) is 9.59 Å². The van der Waals surface area contributed by atoms with E-state index in [2.05, 4.69) is 20.3 Å². The topological polar surface area (TPSA) is 132 Å². The standard InChI is InChI=1S/C19H22N6O4/c1-19(9-15(26)25(2)18(20)24-19)14-7-11(5-6-21-14)23-17(27)16-13(29-4)8-12(28-3)10-22-16/h5-8,10H,9H2,1-4H3,(H2,20,24)(H,21,23,27). The van der Waals surface area contributed by atoms with Crippen molar-refractivity contribution in [2.75, 3.05) is 26.6 Å². The molecule has 3 N–H and O–H groups in total. The Bertz CT molecular complexity index is 992. The number of carbonyl (C=O) groups excluding carboxylic acids is 2. The second-order valence-corrected chi connectivity index (χ2v) is 6.68. The number of hydrogen-bond donors (Lipinski definition) is 2. The van der Waals surface area contributed by atoms with Crippen LogP contribution in [0.5, 0.6) is 11.5 Å². The number of nitrogens with zero attached hydrogens (tertiary/aromatic N) is 4. The molecule has 1 aliphatic rings. The van der Waals surface area contributed by atoms with Crippen LogP contribution in [0, 0.1) is 0 Å². The number of carbonyl (C=O) groups is 2. The number of anilines is 1. The molecule has 10 heteroatoms. The molecule has 0 aromatic carbocycles. The van der Waals surface area contributed by atoms with Gasteiger partial charge in [-0.3, -0.25) is 19.5 Å². The van der Waals surface area contributed by atoms with Crippen molar-refractivity contribution in [3.8, 4) is 11.5 Å². The molecule has 0 saturated carbocycles. The molecule has 2 amide bonds. The zero-order valence-electron chi connectivity index (χ0n) is 16.6. The molecule has 152 valence electrons. The van der Waals surface area contributed by atoms with Gasteiger partial charge in [0, 0.05) is 25.0 Å². The van der Waals surface area contributed by atoms with Crippen molar-refractivity contribution in [2.24, 2.45) is 10.7 Å². The van der Waals surface area contributed by atoms with Crippen LogP contribution in [0.1, 0.15) is 29.5 Å². The number of hydrogen-bond acceptors (Lipinski definition) is 8. The predicted octanol–water partition coefficient (Wildman–Crippen LogP) is 1.14. The second kappa shape index (κ2) is 7.74. The molecule has 10 nitrogen and oxygen atoms in total. The largest absolute Gasteiger partial charge is 0.495 e. The molecule has 0 spiro atoms. The third kappa shape index (κ3) is 3.96. The van der Waals surface area contributed by atoms with Crippen molar-refractivity contribution in [2.45, 2.75) is 18.9 Å².